The summed E-state index contributed by atoms with van der Waals surface area (Å²) in [6.45, 7) is 10.9. The van der Waals surface area contributed by atoms with Crippen molar-refractivity contribution < 1.29 is 4.79 Å². The van der Waals surface area contributed by atoms with Crippen LogP contribution in [0, 0.1) is 0 Å². The molecule has 1 aromatic heterocycles. The van der Waals surface area contributed by atoms with Crippen LogP contribution in [0.15, 0.2) is 16.7 Å². The van der Waals surface area contributed by atoms with E-state index in [9.17, 15) is 4.79 Å². The molecule has 5 heteroatoms. The molecule has 0 saturated heterocycles. The zero-order chi connectivity index (χ0) is 14.3. The number of nitrogens with zero attached hydrogens (tertiary/aromatic N) is 2. The van der Waals surface area contributed by atoms with Gasteiger partial charge in [0.2, 0.25) is 0 Å². The van der Waals surface area contributed by atoms with Gasteiger partial charge in [0.05, 0.1) is 0 Å². The monoisotopic (exact) mass is 329 g/mol. The van der Waals surface area contributed by atoms with Gasteiger partial charge in [-0.2, -0.15) is 0 Å². The molecule has 0 aliphatic rings. The van der Waals surface area contributed by atoms with E-state index in [1.54, 1.807) is 0 Å². The average Bonchev–Trinajstić information content (AvgIpc) is 2.78. The van der Waals surface area contributed by atoms with Gasteiger partial charge in [-0.25, -0.2) is 0 Å². The first-order chi connectivity index (χ1) is 9.12. The molecular weight excluding hydrogens is 306 g/mol. The molecule has 0 aliphatic heterocycles. The first-order valence-electron chi connectivity index (χ1n) is 6.98. The van der Waals surface area contributed by atoms with Gasteiger partial charge in [-0.05, 0) is 48.4 Å². The molecule has 0 saturated carbocycles. The lowest BCUT2D eigenvalue weighted by atomic mass is 10.3. The van der Waals surface area contributed by atoms with Crippen molar-refractivity contribution >= 4 is 21.8 Å². The number of amides is 1. The molecule has 1 N–H and O–H groups in total. The fraction of sp³-hybridized carbons (Fsp3) is 0.643. The Morgan fingerprint density at radius 2 is 2.11 bits per heavy atom. The number of hydrogen-bond acceptors (Lipinski definition) is 2. The first kappa shape index (κ1) is 16.2. The van der Waals surface area contributed by atoms with E-state index < -0.39 is 0 Å². The largest absolute Gasteiger partial charge is 0.349 e. The number of halogens is 1. The van der Waals surface area contributed by atoms with E-state index in [-0.39, 0.29) is 5.91 Å². The number of aromatic nitrogens is 1. The van der Waals surface area contributed by atoms with Crippen LogP contribution in [-0.2, 0) is 6.54 Å². The Morgan fingerprint density at radius 3 is 2.68 bits per heavy atom. The molecular formula is C14H24BrN3O. The number of hydrogen-bond donors (Lipinski definition) is 1. The Kier molecular flexibility index (Phi) is 7.16. The van der Waals surface area contributed by atoms with Gasteiger partial charge in [0.25, 0.3) is 5.91 Å². The minimum Gasteiger partial charge on any atom is -0.349 e. The topological polar surface area (TPSA) is 37.3 Å². The summed E-state index contributed by atoms with van der Waals surface area (Å²) in [7, 11) is 0. The number of carbonyl (C=O) groups is 1. The van der Waals surface area contributed by atoms with Crippen LogP contribution in [0.5, 0.6) is 0 Å². The minimum atomic E-state index is 0.0000940. The number of rotatable bonds is 8. The molecule has 1 amide bonds. The highest BCUT2D eigenvalue weighted by Gasteiger charge is 2.12. The van der Waals surface area contributed by atoms with E-state index in [1.807, 2.05) is 23.8 Å². The molecule has 0 aromatic carbocycles. The lowest BCUT2D eigenvalue weighted by molar-refractivity contribution is 0.0939. The van der Waals surface area contributed by atoms with Crippen molar-refractivity contribution in [1.82, 2.24) is 14.8 Å². The fourth-order valence-corrected chi connectivity index (χ4v) is 2.55. The van der Waals surface area contributed by atoms with Crippen LogP contribution in [0.1, 0.15) is 37.7 Å². The summed E-state index contributed by atoms with van der Waals surface area (Å²) < 4.78 is 2.89. The SMILES string of the molecule is CCCN(CC)CCNC(=O)c1cc(Br)cn1CC. The summed E-state index contributed by atoms with van der Waals surface area (Å²) in [4.78, 5) is 14.4. The maximum Gasteiger partial charge on any atom is 0.267 e. The Morgan fingerprint density at radius 1 is 1.37 bits per heavy atom. The summed E-state index contributed by atoms with van der Waals surface area (Å²) >= 11 is 3.41. The van der Waals surface area contributed by atoms with Crippen molar-refractivity contribution in [1.29, 1.82) is 0 Å². The molecule has 0 unspecified atom stereocenters. The summed E-state index contributed by atoms with van der Waals surface area (Å²) in [5, 5.41) is 2.99. The highest BCUT2D eigenvalue weighted by atomic mass is 79.9. The number of likely N-dealkylation sites (N-methyl/N-ethyl adjacent to an activating group) is 1. The zero-order valence-corrected chi connectivity index (χ0v) is 13.7. The first-order valence-corrected chi connectivity index (χ1v) is 7.77. The van der Waals surface area contributed by atoms with Gasteiger partial charge in [0.1, 0.15) is 5.69 Å². The standard InChI is InChI=1S/C14H24BrN3O/c1-4-8-17(5-2)9-7-16-14(19)13-10-12(15)11-18(13)6-3/h10-11H,4-9H2,1-3H3,(H,16,19). The molecule has 108 valence electrons. The van der Waals surface area contributed by atoms with Crippen LogP contribution in [-0.4, -0.2) is 41.6 Å². The van der Waals surface area contributed by atoms with Gasteiger partial charge in [-0.15, -0.1) is 0 Å². The lowest BCUT2D eigenvalue weighted by Gasteiger charge is -2.19. The third-order valence-corrected chi connectivity index (χ3v) is 3.57. The van der Waals surface area contributed by atoms with Crippen LogP contribution in [0.2, 0.25) is 0 Å². The zero-order valence-electron chi connectivity index (χ0n) is 12.1. The second-order valence-electron chi connectivity index (χ2n) is 4.52. The van der Waals surface area contributed by atoms with E-state index in [2.05, 4.69) is 40.0 Å². The van der Waals surface area contributed by atoms with Crippen LogP contribution in [0.25, 0.3) is 0 Å². The van der Waals surface area contributed by atoms with E-state index in [0.29, 0.717) is 12.2 Å². The average molecular weight is 330 g/mol. The van der Waals surface area contributed by atoms with Crippen LogP contribution in [0.4, 0.5) is 0 Å². The Hall–Kier alpha value is -0.810. The predicted octanol–water partition coefficient (Wildman–Crippen LogP) is 2.73. The molecule has 19 heavy (non-hydrogen) atoms. The Bertz CT molecular complexity index is 403. The third-order valence-electron chi connectivity index (χ3n) is 3.14. The molecule has 1 rings (SSSR count). The van der Waals surface area contributed by atoms with E-state index >= 15 is 0 Å². The van der Waals surface area contributed by atoms with Crippen molar-refractivity contribution in [3.05, 3.63) is 22.4 Å². The molecule has 0 aliphatic carbocycles. The van der Waals surface area contributed by atoms with Crippen molar-refractivity contribution in [3.8, 4) is 0 Å². The second kappa shape index (κ2) is 8.38. The Labute approximate surface area is 124 Å². The molecule has 1 aromatic rings. The summed E-state index contributed by atoms with van der Waals surface area (Å²) in [6.07, 6.45) is 3.08. The summed E-state index contributed by atoms with van der Waals surface area (Å²) in [5.41, 5.74) is 0.716. The maximum atomic E-state index is 12.1. The number of nitrogens with one attached hydrogen (secondary N) is 1. The summed E-state index contributed by atoms with van der Waals surface area (Å²) in [6, 6.07) is 1.86. The molecule has 1 heterocycles. The third kappa shape index (κ3) is 4.99. The summed E-state index contributed by atoms with van der Waals surface area (Å²) in [5.74, 6) is 0.0000940. The van der Waals surface area contributed by atoms with E-state index in [4.69, 9.17) is 0 Å². The smallest absolute Gasteiger partial charge is 0.267 e. The quantitative estimate of drug-likeness (QED) is 0.796. The molecule has 0 radical (unpaired) electrons. The van der Waals surface area contributed by atoms with Gasteiger partial charge in [-0.1, -0.05) is 13.8 Å². The number of aryl methyl sites for hydroxylation is 1. The van der Waals surface area contributed by atoms with E-state index in [0.717, 1.165) is 37.1 Å². The molecule has 0 spiro atoms. The molecule has 0 fully saturated rings. The van der Waals surface area contributed by atoms with Gasteiger partial charge in [-0.3, -0.25) is 4.79 Å². The highest BCUT2D eigenvalue weighted by molar-refractivity contribution is 9.10. The van der Waals surface area contributed by atoms with Crippen LogP contribution < -0.4 is 5.32 Å². The predicted molar refractivity (Wildman–Crippen MR) is 82.5 cm³/mol. The van der Waals surface area contributed by atoms with Crippen LogP contribution in [0.3, 0.4) is 0 Å². The maximum absolute atomic E-state index is 12.1. The molecule has 4 nitrogen and oxygen atoms in total. The van der Waals surface area contributed by atoms with Crippen molar-refractivity contribution in [2.45, 2.75) is 33.7 Å². The van der Waals surface area contributed by atoms with Crippen molar-refractivity contribution in [2.75, 3.05) is 26.2 Å². The van der Waals surface area contributed by atoms with Gasteiger partial charge >= 0.3 is 0 Å². The fourth-order valence-electron chi connectivity index (χ4n) is 2.09. The van der Waals surface area contributed by atoms with Crippen molar-refractivity contribution in [3.63, 3.8) is 0 Å². The van der Waals surface area contributed by atoms with Crippen molar-refractivity contribution in [2.24, 2.45) is 0 Å². The molecule has 0 bridgehead atoms. The highest BCUT2D eigenvalue weighted by Crippen LogP contribution is 2.14. The Balaban J connectivity index is 2.46. The lowest BCUT2D eigenvalue weighted by Crippen LogP contribution is -2.35. The number of carbonyl (C=O) groups excluding carboxylic acids is 1. The molecule has 0 atom stereocenters. The minimum absolute atomic E-state index is 0.0000940. The van der Waals surface area contributed by atoms with Gasteiger partial charge < -0.3 is 14.8 Å². The normalized spacial score (nSPS) is 11.0. The second-order valence-corrected chi connectivity index (χ2v) is 5.44. The van der Waals surface area contributed by atoms with Crippen LogP contribution >= 0.6 is 15.9 Å². The van der Waals surface area contributed by atoms with E-state index in [1.165, 1.54) is 0 Å². The van der Waals surface area contributed by atoms with Gasteiger partial charge in [0, 0.05) is 30.3 Å². The van der Waals surface area contributed by atoms with Gasteiger partial charge in [0.15, 0.2) is 0 Å².